The number of nitro groups is 1. The van der Waals surface area contributed by atoms with Gasteiger partial charge >= 0.3 is 0 Å². The van der Waals surface area contributed by atoms with Gasteiger partial charge in [0.25, 0.3) is 0 Å². The molecule has 0 amide bonds. The molecule has 0 aromatic heterocycles. The van der Waals surface area contributed by atoms with Crippen LogP contribution in [0.4, 0.5) is 0 Å². The third-order valence-electron chi connectivity index (χ3n) is 1.51. The van der Waals surface area contributed by atoms with Crippen LogP contribution >= 0.6 is 0 Å². The summed E-state index contributed by atoms with van der Waals surface area (Å²) in [4.78, 5) is 9.51. The lowest BCUT2D eigenvalue weighted by molar-refractivity contribution is -0.515. The highest BCUT2D eigenvalue weighted by atomic mass is 32.2. The minimum atomic E-state index is -3.08. The fraction of sp³-hybridized carbons (Fsp3) is 1.00. The highest BCUT2D eigenvalue weighted by Gasteiger charge is 2.35. The van der Waals surface area contributed by atoms with Crippen LogP contribution in [0.25, 0.3) is 0 Å². The zero-order valence-corrected chi connectivity index (χ0v) is 6.00. The van der Waals surface area contributed by atoms with Crippen molar-refractivity contribution in [2.75, 3.05) is 11.5 Å². The van der Waals surface area contributed by atoms with Crippen LogP contribution in [-0.4, -0.2) is 30.9 Å². The summed E-state index contributed by atoms with van der Waals surface area (Å²) < 4.78 is 21.3. The average Bonchev–Trinajstić information content (AvgIpc) is 2.10. The Kier molecular flexibility index (Phi) is 1.63. The van der Waals surface area contributed by atoms with Gasteiger partial charge in [-0.1, -0.05) is 0 Å². The first-order valence-electron chi connectivity index (χ1n) is 2.85. The Morgan fingerprint density at radius 3 is 2.30 bits per heavy atom. The van der Waals surface area contributed by atoms with Crippen LogP contribution in [0.5, 0.6) is 0 Å². The van der Waals surface area contributed by atoms with Gasteiger partial charge in [-0.25, -0.2) is 8.42 Å². The molecule has 1 saturated heterocycles. The monoisotopic (exact) mass is 165 g/mol. The van der Waals surface area contributed by atoms with Crippen molar-refractivity contribution in [2.45, 2.75) is 12.5 Å². The number of rotatable bonds is 1. The summed E-state index contributed by atoms with van der Waals surface area (Å²) >= 11 is 0. The summed E-state index contributed by atoms with van der Waals surface area (Å²) in [5.41, 5.74) is 0. The summed E-state index contributed by atoms with van der Waals surface area (Å²) in [6, 6.07) is -0.856. The molecule has 0 aliphatic carbocycles. The van der Waals surface area contributed by atoms with Crippen molar-refractivity contribution in [1.82, 2.24) is 0 Å². The molecule has 5 nitrogen and oxygen atoms in total. The van der Waals surface area contributed by atoms with E-state index in [1.165, 1.54) is 0 Å². The Balaban J connectivity index is 2.69. The van der Waals surface area contributed by atoms with Crippen molar-refractivity contribution in [3.8, 4) is 0 Å². The highest BCUT2D eigenvalue weighted by Crippen LogP contribution is 2.13. The topological polar surface area (TPSA) is 77.3 Å². The standard InChI is InChI=1S/C4H7NO4S/c6-5(7)4-1-2-10(8,9)3-4/h4H,1-3H2/t4-/m0/s1. The van der Waals surface area contributed by atoms with Crippen LogP contribution in [0.2, 0.25) is 0 Å². The van der Waals surface area contributed by atoms with Crippen molar-refractivity contribution >= 4 is 9.84 Å². The molecular formula is C4H7NO4S. The van der Waals surface area contributed by atoms with Crippen molar-refractivity contribution in [2.24, 2.45) is 0 Å². The van der Waals surface area contributed by atoms with Crippen molar-refractivity contribution in [1.29, 1.82) is 0 Å². The first-order valence-corrected chi connectivity index (χ1v) is 4.67. The lowest BCUT2D eigenvalue weighted by atomic mass is 10.3. The van der Waals surface area contributed by atoms with Gasteiger partial charge < -0.3 is 0 Å². The first-order chi connectivity index (χ1) is 4.51. The van der Waals surface area contributed by atoms with Crippen LogP contribution in [0.1, 0.15) is 6.42 Å². The predicted molar refractivity (Wildman–Crippen MR) is 34.1 cm³/mol. The normalized spacial score (nSPS) is 30.2. The molecule has 0 saturated carbocycles. The van der Waals surface area contributed by atoms with E-state index < -0.39 is 20.8 Å². The van der Waals surface area contributed by atoms with Crippen molar-refractivity contribution in [3.05, 3.63) is 10.1 Å². The predicted octanol–water partition coefficient (Wildman–Crippen LogP) is -0.550. The second-order valence-electron chi connectivity index (χ2n) is 2.34. The van der Waals surface area contributed by atoms with Gasteiger partial charge in [0.15, 0.2) is 9.84 Å². The molecule has 0 N–H and O–H groups in total. The smallest absolute Gasteiger partial charge is 0.227 e. The Labute approximate surface area is 58.1 Å². The van der Waals surface area contributed by atoms with Crippen LogP contribution in [0.3, 0.4) is 0 Å². The van der Waals surface area contributed by atoms with E-state index in [0.29, 0.717) is 0 Å². The van der Waals surface area contributed by atoms with Gasteiger partial charge in [0.1, 0.15) is 5.75 Å². The Morgan fingerprint density at radius 2 is 2.10 bits per heavy atom. The summed E-state index contributed by atoms with van der Waals surface area (Å²) in [7, 11) is -3.08. The van der Waals surface area contributed by atoms with E-state index in [2.05, 4.69) is 0 Å². The zero-order valence-electron chi connectivity index (χ0n) is 5.19. The fourth-order valence-electron chi connectivity index (χ4n) is 0.942. The number of nitrogens with zero attached hydrogens (tertiary/aromatic N) is 1. The minimum absolute atomic E-state index is 0.0291. The SMILES string of the molecule is O=[N+]([O-])[C@H]1CCS(=O)(=O)C1. The van der Waals surface area contributed by atoms with Gasteiger partial charge in [-0.05, 0) is 0 Å². The summed E-state index contributed by atoms with van der Waals surface area (Å²) in [6.45, 7) is 0. The molecule has 0 unspecified atom stereocenters. The van der Waals surface area contributed by atoms with Gasteiger partial charge in [-0.15, -0.1) is 0 Å². The number of hydrogen-bond donors (Lipinski definition) is 0. The van der Waals surface area contributed by atoms with Gasteiger partial charge in [0.05, 0.1) is 5.75 Å². The summed E-state index contributed by atoms with van der Waals surface area (Å²) in [5, 5.41) is 10.0. The Bertz CT molecular complexity index is 244. The van der Waals surface area contributed by atoms with Crippen molar-refractivity contribution < 1.29 is 13.3 Å². The fourth-order valence-corrected chi connectivity index (χ4v) is 2.61. The maximum absolute atomic E-state index is 10.6. The van der Waals surface area contributed by atoms with Gasteiger partial charge in [-0.2, -0.15) is 0 Å². The van der Waals surface area contributed by atoms with Gasteiger partial charge in [0.2, 0.25) is 6.04 Å². The van der Waals surface area contributed by atoms with E-state index in [9.17, 15) is 18.5 Å². The zero-order chi connectivity index (χ0) is 7.78. The minimum Gasteiger partial charge on any atom is -0.264 e. The highest BCUT2D eigenvalue weighted by molar-refractivity contribution is 7.91. The Morgan fingerprint density at radius 1 is 1.50 bits per heavy atom. The van der Waals surface area contributed by atoms with E-state index in [-0.39, 0.29) is 17.9 Å². The van der Waals surface area contributed by atoms with Crippen LogP contribution < -0.4 is 0 Å². The Hall–Kier alpha value is -0.650. The molecule has 58 valence electrons. The molecule has 1 atom stereocenters. The van der Waals surface area contributed by atoms with E-state index in [1.54, 1.807) is 0 Å². The average molecular weight is 165 g/mol. The van der Waals surface area contributed by atoms with E-state index in [4.69, 9.17) is 0 Å². The largest absolute Gasteiger partial charge is 0.264 e. The number of sulfone groups is 1. The molecule has 1 heterocycles. The molecule has 1 rings (SSSR count). The lowest BCUT2D eigenvalue weighted by Gasteiger charge is -1.94. The molecule has 6 heteroatoms. The molecule has 1 fully saturated rings. The molecule has 1 aliphatic heterocycles. The molecule has 0 aromatic carbocycles. The third-order valence-corrected chi connectivity index (χ3v) is 3.26. The van der Waals surface area contributed by atoms with Crippen LogP contribution in [0, 0.1) is 10.1 Å². The molecule has 1 aliphatic rings. The third kappa shape index (κ3) is 1.44. The molecule has 0 spiro atoms. The maximum atomic E-state index is 10.6. The van der Waals surface area contributed by atoms with Crippen LogP contribution in [-0.2, 0) is 9.84 Å². The van der Waals surface area contributed by atoms with E-state index in [1.807, 2.05) is 0 Å². The maximum Gasteiger partial charge on any atom is 0.227 e. The first kappa shape index (κ1) is 7.46. The van der Waals surface area contributed by atoms with Crippen LogP contribution in [0.15, 0.2) is 0 Å². The van der Waals surface area contributed by atoms with E-state index >= 15 is 0 Å². The summed E-state index contributed by atoms with van der Waals surface area (Å²) in [5.74, 6) is -0.307. The molecular weight excluding hydrogens is 158 g/mol. The molecule has 10 heavy (non-hydrogen) atoms. The molecule has 0 radical (unpaired) electrons. The molecule has 0 bridgehead atoms. The number of hydrogen-bond acceptors (Lipinski definition) is 4. The lowest BCUT2D eigenvalue weighted by Crippen LogP contribution is -2.20. The quantitative estimate of drug-likeness (QED) is 0.386. The van der Waals surface area contributed by atoms with E-state index in [0.717, 1.165) is 0 Å². The summed E-state index contributed by atoms with van der Waals surface area (Å²) in [6.07, 6.45) is 0.176. The van der Waals surface area contributed by atoms with Crippen molar-refractivity contribution in [3.63, 3.8) is 0 Å². The van der Waals surface area contributed by atoms with Gasteiger partial charge in [0, 0.05) is 11.3 Å². The second-order valence-corrected chi connectivity index (χ2v) is 4.57. The second kappa shape index (κ2) is 2.19. The van der Waals surface area contributed by atoms with Gasteiger partial charge in [-0.3, -0.25) is 10.1 Å². The molecule has 0 aromatic rings.